The number of ether oxygens (including phenoxy) is 1. The van der Waals surface area contributed by atoms with Gasteiger partial charge in [-0.1, -0.05) is 23.7 Å². The van der Waals surface area contributed by atoms with E-state index >= 15 is 0 Å². The summed E-state index contributed by atoms with van der Waals surface area (Å²) in [6.07, 6.45) is 4.93. The van der Waals surface area contributed by atoms with Crippen LogP contribution in [0.1, 0.15) is 11.1 Å². The topological polar surface area (TPSA) is 59.4 Å². The predicted molar refractivity (Wildman–Crippen MR) is 81.7 cm³/mol. The second kappa shape index (κ2) is 6.90. The third-order valence-electron chi connectivity index (χ3n) is 2.83. The van der Waals surface area contributed by atoms with Gasteiger partial charge in [-0.15, -0.1) is 0 Å². The van der Waals surface area contributed by atoms with Crippen molar-refractivity contribution in [3.8, 4) is 11.5 Å². The average Bonchev–Trinajstić information content (AvgIpc) is 2.45. The molecular formula is C16H14ClNO3. The lowest BCUT2D eigenvalue weighted by molar-refractivity contribution is -0.113. The zero-order valence-electron chi connectivity index (χ0n) is 11.4. The van der Waals surface area contributed by atoms with Gasteiger partial charge >= 0.3 is 0 Å². The number of hydrogen-bond donors (Lipinski definition) is 1. The highest BCUT2D eigenvalue weighted by atomic mass is 35.5. The second-order valence-electron chi connectivity index (χ2n) is 4.39. The van der Waals surface area contributed by atoms with Gasteiger partial charge in [0, 0.05) is 12.6 Å². The summed E-state index contributed by atoms with van der Waals surface area (Å²) in [5.74, 6) is 0.366. The van der Waals surface area contributed by atoms with Gasteiger partial charge in [-0.3, -0.25) is 4.79 Å². The fourth-order valence-corrected chi connectivity index (χ4v) is 2.01. The molecule has 1 aromatic heterocycles. The Morgan fingerprint density at radius 3 is 2.86 bits per heavy atom. The summed E-state index contributed by atoms with van der Waals surface area (Å²) in [7, 11) is 1.48. The SMILES string of the molecule is COc1ccc(/C=C/C(=O)Cc2ccnc(Cl)c2)cc1O. The number of aromatic hydroxyl groups is 1. The van der Waals surface area contributed by atoms with E-state index < -0.39 is 0 Å². The van der Waals surface area contributed by atoms with E-state index in [9.17, 15) is 9.90 Å². The highest BCUT2D eigenvalue weighted by Gasteiger charge is 2.03. The van der Waals surface area contributed by atoms with E-state index in [1.54, 1.807) is 36.5 Å². The Labute approximate surface area is 127 Å². The smallest absolute Gasteiger partial charge is 0.160 e. The van der Waals surface area contributed by atoms with Gasteiger partial charge < -0.3 is 9.84 Å². The number of ketones is 1. The zero-order chi connectivity index (χ0) is 15.2. The van der Waals surface area contributed by atoms with Crippen molar-refractivity contribution in [1.82, 2.24) is 4.98 Å². The van der Waals surface area contributed by atoms with Crippen LogP contribution in [-0.2, 0) is 11.2 Å². The summed E-state index contributed by atoms with van der Waals surface area (Å²) < 4.78 is 4.96. The van der Waals surface area contributed by atoms with Crippen LogP contribution in [0.3, 0.4) is 0 Å². The van der Waals surface area contributed by atoms with Gasteiger partial charge in [-0.2, -0.15) is 0 Å². The Bertz CT molecular complexity index is 683. The summed E-state index contributed by atoms with van der Waals surface area (Å²) in [4.78, 5) is 15.7. The number of methoxy groups -OCH3 is 1. The normalized spacial score (nSPS) is 10.8. The third kappa shape index (κ3) is 4.33. The van der Waals surface area contributed by atoms with Crippen LogP contribution in [0.5, 0.6) is 11.5 Å². The van der Waals surface area contributed by atoms with Gasteiger partial charge in [0.05, 0.1) is 7.11 Å². The minimum absolute atomic E-state index is 0.0352. The number of rotatable bonds is 5. The fourth-order valence-electron chi connectivity index (χ4n) is 1.81. The summed E-state index contributed by atoms with van der Waals surface area (Å²) in [6, 6.07) is 8.34. The average molecular weight is 304 g/mol. The first-order chi connectivity index (χ1) is 10.1. The van der Waals surface area contributed by atoms with Crippen LogP contribution in [0.25, 0.3) is 6.08 Å². The fraction of sp³-hybridized carbons (Fsp3) is 0.125. The van der Waals surface area contributed by atoms with Crippen LogP contribution in [-0.4, -0.2) is 23.0 Å². The molecule has 0 spiro atoms. The Morgan fingerprint density at radius 2 is 2.19 bits per heavy atom. The lowest BCUT2D eigenvalue weighted by Gasteiger charge is -2.03. The molecule has 0 saturated heterocycles. The first-order valence-corrected chi connectivity index (χ1v) is 6.64. The van der Waals surface area contributed by atoms with Crippen molar-refractivity contribution in [2.75, 3.05) is 7.11 Å². The molecule has 0 saturated carbocycles. The summed E-state index contributed by atoms with van der Waals surface area (Å²) in [5, 5.41) is 10.0. The molecule has 1 aromatic carbocycles. The van der Waals surface area contributed by atoms with Crippen LogP contribution in [0.15, 0.2) is 42.6 Å². The number of hydrogen-bond acceptors (Lipinski definition) is 4. The quantitative estimate of drug-likeness (QED) is 0.680. The second-order valence-corrected chi connectivity index (χ2v) is 4.78. The van der Waals surface area contributed by atoms with Gasteiger partial charge in [0.25, 0.3) is 0 Å². The Kier molecular flexibility index (Phi) is 4.95. The van der Waals surface area contributed by atoms with Crippen molar-refractivity contribution in [2.24, 2.45) is 0 Å². The largest absolute Gasteiger partial charge is 0.504 e. The molecule has 0 unspecified atom stereocenters. The Morgan fingerprint density at radius 1 is 1.38 bits per heavy atom. The maximum absolute atomic E-state index is 11.9. The van der Waals surface area contributed by atoms with Crippen molar-refractivity contribution in [3.63, 3.8) is 0 Å². The first-order valence-electron chi connectivity index (χ1n) is 6.27. The molecule has 5 heteroatoms. The number of phenols is 1. The van der Waals surface area contributed by atoms with Crippen molar-refractivity contribution in [2.45, 2.75) is 6.42 Å². The molecule has 0 bridgehead atoms. The molecule has 1 heterocycles. The number of phenolic OH excluding ortho intramolecular Hbond substituents is 1. The summed E-state index contributed by atoms with van der Waals surface area (Å²) >= 11 is 5.77. The summed E-state index contributed by atoms with van der Waals surface area (Å²) in [5.41, 5.74) is 1.52. The van der Waals surface area contributed by atoms with Crippen molar-refractivity contribution in [1.29, 1.82) is 0 Å². The standard InChI is InChI=1S/C16H14ClNO3/c1-21-15-5-3-11(9-14(15)20)2-4-13(19)8-12-6-7-18-16(17)10-12/h2-7,9-10,20H,8H2,1H3/b4-2+. The van der Waals surface area contributed by atoms with Crippen molar-refractivity contribution < 1.29 is 14.6 Å². The van der Waals surface area contributed by atoms with Crippen LogP contribution in [0.2, 0.25) is 5.15 Å². The van der Waals surface area contributed by atoms with Gasteiger partial charge in [-0.25, -0.2) is 4.98 Å². The lowest BCUT2D eigenvalue weighted by Crippen LogP contribution is -1.98. The van der Waals surface area contributed by atoms with Gasteiger partial charge in [0.1, 0.15) is 5.15 Å². The van der Waals surface area contributed by atoms with Crippen LogP contribution in [0, 0.1) is 0 Å². The Hall–Kier alpha value is -2.33. The van der Waals surface area contributed by atoms with Crippen LogP contribution in [0.4, 0.5) is 0 Å². The molecule has 2 aromatic rings. The number of pyridine rings is 1. The van der Waals surface area contributed by atoms with E-state index in [1.165, 1.54) is 19.3 Å². The molecule has 1 N–H and O–H groups in total. The molecule has 0 radical (unpaired) electrons. The monoisotopic (exact) mass is 303 g/mol. The van der Waals surface area contributed by atoms with E-state index in [4.69, 9.17) is 16.3 Å². The molecule has 0 fully saturated rings. The van der Waals surface area contributed by atoms with Crippen molar-refractivity contribution >= 4 is 23.5 Å². The molecule has 0 aliphatic carbocycles. The lowest BCUT2D eigenvalue weighted by atomic mass is 10.1. The minimum atomic E-state index is -0.0624. The number of nitrogens with zero attached hydrogens (tertiary/aromatic N) is 1. The summed E-state index contributed by atoms with van der Waals surface area (Å²) in [6.45, 7) is 0. The van der Waals surface area contributed by atoms with E-state index in [1.807, 2.05) is 0 Å². The predicted octanol–water partition coefficient (Wildman–Crippen LogP) is 3.27. The molecular weight excluding hydrogens is 290 g/mol. The Balaban J connectivity index is 2.03. The van der Waals surface area contributed by atoms with Crippen molar-refractivity contribution in [3.05, 3.63) is 58.9 Å². The maximum Gasteiger partial charge on any atom is 0.160 e. The van der Waals surface area contributed by atoms with E-state index in [0.717, 1.165) is 11.1 Å². The maximum atomic E-state index is 11.9. The number of allylic oxidation sites excluding steroid dienone is 1. The molecule has 108 valence electrons. The number of benzene rings is 1. The van der Waals surface area contributed by atoms with Gasteiger partial charge in [0.15, 0.2) is 17.3 Å². The number of carbonyl (C=O) groups excluding carboxylic acids is 1. The first kappa shape index (κ1) is 15.1. The molecule has 0 aliphatic rings. The van der Waals surface area contributed by atoms with Crippen LogP contribution < -0.4 is 4.74 Å². The number of carbonyl (C=O) groups is 1. The van der Waals surface area contributed by atoms with E-state index in [0.29, 0.717) is 10.9 Å². The highest BCUT2D eigenvalue weighted by molar-refractivity contribution is 6.29. The zero-order valence-corrected chi connectivity index (χ0v) is 12.2. The number of halogens is 1. The van der Waals surface area contributed by atoms with Crippen LogP contribution >= 0.6 is 11.6 Å². The van der Waals surface area contributed by atoms with Gasteiger partial charge in [0.2, 0.25) is 0 Å². The van der Waals surface area contributed by atoms with E-state index in [-0.39, 0.29) is 18.0 Å². The molecule has 0 atom stereocenters. The number of aromatic nitrogens is 1. The van der Waals surface area contributed by atoms with E-state index in [2.05, 4.69) is 4.98 Å². The minimum Gasteiger partial charge on any atom is -0.504 e. The van der Waals surface area contributed by atoms with Gasteiger partial charge in [-0.05, 0) is 41.5 Å². The highest BCUT2D eigenvalue weighted by Crippen LogP contribution is 2.26. The third-order valence-corrected chi connectivity index (χ3v) is 3.04. The molecule has 4 nitrogen and oxygen atoms in total. The molecule has 0 aliphatic heterocycles. The molecule has 0 amide bonds. The molecule has 2 rings (SSSR count). The molecule has 21 heavy (non-hydrogen) atoms.